The van der Waals surface area contributed by atoms with E-state index in [9.17, 15) is 19.3 Å². The summed E-state index contributed by atoms with van der Waals surface area (Å²) in [5, 5.41) is 17.2. The van der Waals surface area contributed by atoms with Crippen LogP contribution in [0.2, 0.25) is 0 Å². The SMILES string of the molecule is CC(C)Nc1ccn(C2O[C@H](COP(=O)(NC(C)C(=O)OC(C)C)Oc3cccc4ccccc34)[C@@H](O)C2(F)F)c(=O)n1. The number of benzene rings is 2. The molecule has 3 unspecified atom stereocenters. The Labute approximate surface area is 246 Å². The zero-order chi connectivity index (χ0) is 31.5. The first-order valence-corrected chi connectivity index (χ1v) is 15.2. The number of anilines is 1. The lowest BCUT2D eigenvalue weighted by Crippen LogP contribution is -2.42. The number of fused-ring (bicyclic) bond motifs is 1. The first-order chi connectivity index (χ1) is 20.2. The number of rotatable bonds is 12. The van der Waals surface area contributed by atoms with E-state index in [4.69, 9.17) is 18.5 Å². The highest BCUT2D eigenvalue weighted by molar-refractivity contribution is 7.52. The van der Waals surface area contributed by atoms with Crippen LogP contribution in [0.5, 0.6) is 5.75 Å². The summed E-state index contributed by atoms with van der Waals surface area (Å²) in [7, 11) is -4.52. The van der Waals surface area contributed by atoms with Gasteiger partial charge in [0.15, 0.2) is 6.10 Å². The van der Waals surface area contributed by atoms with Gasteiger partial charge in [-0.25, -0.2) is 9.36 Å². The van der Waals surface area contributed by atoms with Gasteiger partial charge in [0.25, 0.3) is 0 Å². The second-order valence-corrected chi connectivity index (χ2v) is 12.3. The van der Waals surface area contributed by atoms with Crippen molar-refractivity contribution in [1.29, 1.82) is 0 Å². The van der Waals surface area contributed by atoms with Gasteiger partial charge < -0.3 is 24.4 Å². The molecule has 15 heteroatoms. The zero-order valence-corrected chi connectivity index (χ0v) is 25.2. The Morgan fingerprint density at radius 1 is 1.14 bits per heavy atom. The average molecular weight is 625 g/mol. The van der Waals surface area contributed by atoms with Gasteiger partial charge in [0.05, 0.1) is 12.7 Å². The zero-order valence-electron chi connectivity index (χ0n) is 24.3. The fraction of sp³-hybridized carbons (Fsp3) is 0.464. The molecule has 43 heavy (non-hydrogen) atoms. The minimum atomic E-state index is -4.52. The molecule has 0 spiro atoms. The minimum absolute atomic E-state index is 0.0642. The molecule has 0 amide bonds. The molecule has 234 valence electrons. The van der Waals surface area contributed by atoms with E-state index in [0.717, 1.165) is 11.6 Å². The Morgan fingerprint density at radius 2 is 1.84 bits per heavy atom. The van der Waals surface area contributed by atoms with Crippen LogP contribution in [0.1, 0.15) is 40.8 Å². The van der Waals surface area contributed by atoms with Crippen molar-refractivity contribution >= 4 is 30.3 Å². The fourth-order valence-corrected chi connectivity index (χ4v) is 5.89. The van der Waals surface area contributed by atoms with Crippen molar-refractivity contribution in [3.05, 3.63) is 65.2 Å². The molecule has 0 bridgehead atoms. The largest absolute Gasteiger partial charge is 0.462 e. The Kier molecular flexibility index (Phi) is 9.87. The van der Waals surface area contributed by atoms with Gasteiger partial charge in [0.2, 0.25) is 6.23 Å². The molecule has 4 rings (SSSR count). The van der Waals surface area contributed by atoms with Crippen LogP contribution in [0, 0.1) is 0 Å². The van der Waals surface area contributed by atoms with E-state index in [0.29, 0.717) is 9.95 Å². The van der Waals surface area contributed by atoms with Crippen LogP contribution in [-0.4, -0.2) is 63.6 Å². The molecule has 0 radical (unpaired) electrons. The number of hydrogen-bond donors (Lipinski definition) is 3. The molecule has 1 aliphatic heterocycles. The third-order valence-electron chi connectivity index (χ3n) is 6.33. The van der Waals surface area contributed by atoms with Crippen molar-refractivity contribution in [3.8, 4) is 5.75 Å². The number of aliphatic hydroxyl groups is 1. The van der Waals surface area contributed by atoms with E-state index < -0.39 is 62.5 Å². The van der Waals surface area contributed by atoms with Crippen LogP contribution in [0.3, 0.4) is 0 Å². The van der Waals surface area contributed by atoms with Crippen molar-refractivity contribution in [2.24, 2.45) is 0 Å². The van der Waals surface area contributed by atoms with E-state index >= 15 is 8.78 Å². The van der Waals surface area contributed by atoms with Crippen molar-refractivity contribution in [1.82, 2.24) is 14.6 Å². The average Bonchev–Trinajstić information content (AvgIpc) is 3.15. The number of ether oxygens (including phenoxy) is 2. The first-order valence-electron chi connectivity index (χ1n) is 13.7. The summed E-state index contributed by atoms with van der Waals surface area (Å²) in [6.45, 7) is 7.41. The molecule has 2 aromatic carbocycles. The maximum absolute atomic E-state index is 15.2. The van der Waals surface area contributed by atoms with Gasteiger partial charge in [-0.15, -0.1) is 0 Å². The van der Waals surface area contributed by atoms with Crippen LogP contribution in [0.4, 0.5) is 14.6 Å². The van der Waals surface area contributed by atoms with Gasteiger partial charge in [-0.05, 0) is 52.1 Å². The summed E-state index contributed by atoms with van der Waals surface area (Å²) in [6.07, 6.45) is -5.82. The number of aliphatic hydroxyl groups excluding tert-OH is 1. The van der Waals surface area contributed by atoms with Crippen molar-refractivity contribution in [2.75, 3.05) is 11.9 Å². The van der Waals surface area contributed by atoms with Crippen LogP contribution in [0.25, 0.3) is 10.8 Å². The Hall–Kier alpha value is -3.42. The van der Waals surface area contributed by atoms with E-state index in [1.807, 2.05) is 13.8 Å². The maximum atomic E-state index is 15.2. The van der Waals surface area contributed by atoms with Crippen molar-refractivity contribution in [2.45, 2.75) is 77.2 Å². The summed E-state index contributed by atoms with van der Waals surface area (Å²) in [5.41, 5.74) is -1.03. The van der Waals surface area contributed by atoms with Gasteiger partial charge in [0.1, 0.15) is 23.7 Å². The summed E-state index contributed by atoms with van der Waals surface area (Å²) in [5.74, 6) is -4.40. The summed E-state index contributed by atoms with van der Waals surface area (Å²) < 4.78 is 66.8. The molecule has 3 aromatic rings. The highest BCUT2D eigenvalue weighted by atomic mass is 31.2. The lowest BCUT2D eigenvalue weighted by molar-refractivity contribution is -0.149. The Bertz CT molecular complexity index is 1550. The number of hydrogen-bond acceptors (Lipinski definition) is 10. The quantitative estimate of drug-likeness (QED) is 0.196. The Balaban J connectivity index is 1.58. The smallest absolute Gasteiger partial charge is 0.459 e. The predicted molar refractivity (Wildman–Crippen MR) is 154 cm³/mol. The predicted octanol–water partition coefficient (Wildman–Crippen LogP) is 4.24. The number of carbonyl (C=O) groups is 1. The first kappa shape index (κ1) is 32.5. The van der Waals surface area contributed by atoms with E-state index in [-0.39, 0.29) is 17.6 Å². The molecule has 5 atom stereocenters. The van der Waals surface area contributed by atoms with E-state index in [2.05, 4.69) is 15.4 Å². The van der Waals surface area contributed by atoms with E-state index in [1.165, 1.54) is 19.1 Å². The summed E-state index contributed by atoms with van der Waals surface area (Å²) in [4.78, 5) is 28.8. The number of nitrogens with one attached hydrogen (secondary N) is 2. The van der Waals surface area contributed by atoms with Gasteiger partial charge in [-0.1, -0.05) is 36.4 Å². The van der Waals surface area contributed by atoms with Crippen LogP contribution < -0.4 is 20.6 Å². The third-order valence-corrected chi connectivity index (χ3v) is 7.96. The lowest BCUT2D eigenvalue weighted by atomic mass is 10.1. The second kappa shape index (κ2) is 13.1. The number of alkyl halides is 2. The van der Waals surface area contributed by atoms with Gasteiger partial charge in [0, 0.05) is 17.6 Å². The number of nitrogens with zero attached hydrogens (tertiary/aromatic N) is 2. The molecular weight excluding hydrogens is 589 g/mol. The molecule has 12 nitrogen and oxygen atoms in total. The van der Waals surface area contributed by atoms with Crippen LogP contribution >= 0.6 is 7.75 Å². The monoisotopic (exact) mass is 624 g/mol. The normalized spacial score (nSPS) is 22.0. The van der Waals surface area contributed by atoms with Gasteiger partial charge in [-0.3, -0.25) is 13.9 Å². The number of halogens is 2. The maximum Gasteiger partial charge on any atom is 0.459 e. The second-order valence-electron chi connectivity index (χ2n) is 10.6. The molecule has 1 saturated heterocycles. The van der Waals surface area contributed by atoms with Crippen LogP contribution in [0.15, 0.2) is 59.5 Å². The molecule has 2 heterocycles. The van der Waals surface area contributed by atoms with Crippen molar-refractivity contribution in [3.63, 3.8) is 0 Å². The molecule has 0 aliphatic carbocycles. The van der Waals surface area contributed by atoms with E-state index in [1.54, 1.807) is 50.2 Å². The topological polar surface area (TPSA) is 150 Å². The minimum Gasteiger partial charge on any atom is -0.462 e. The summed E-state index contributed by atoms with van der Waals surface area (Å²) >= 11 is 0. The Morgan fingerprint density at radius 3 is 2.51 bits per heavy atom. The molecule has 3 N–H and O–H groups in total. The molecule has 1 aromatic heterocycles. The van der Waals surface area contributed by atoms with Crippen molar-refractivity contribution < 1.29 is 41.8 Å². The molecular formula is C28H35F2N4O8P. The number of carbonyl (C=O) groups excluding carboxylic acids is 1. The highest BCUT2D eigenvalue weighted by Gasteiger charge is 2.60. The number of aromatic nitrogens is 2. The molecule has 1 fully saturated rings. The van der Waals surface area contributed by atoms with Gasteiger partial charge in [-0.2, -0.15) is 18.9 Å². The lowest BCUT2D eigenvalue weighted by Gasteiger charge is -2.25. The fourth-order valence-electron chi connectivity index (χ4n) is 4.36. The third kappa shape index (κ3) is 7.57. The highest BCUT2D eigenvalue weighted by Crippen LogP contribution is 2.49. The number of esters is 1. The van der Waals surface area contributed by atoms with Gasteiger partial charge >= 0.3 is 25.3 Å². The molecule has 0 saturated carbocycles. The molecule has 1 aliphatic rings. The standard InChI is InChI=1S/C28H35F2N4O8P/c1-16(2)31-23-13-14-34(27(37)32-23)26-28(29,30)24(35)22(41-26)15-39-43(38,33-18(5)25(36)40-17(3)4)42-21-12-8-10-19-9-6-7-11-20(19)21/h6-14,16-18,22,24,26,35H,15H2,1-5H3,(H,33,38)(H,31,32,37)/t18?,22-,24-,26?,43?/m1/s1. The van der Waals surface area contributed by atoms with Crippen LogP contribution in [-0.2, 0) is 23.4 Å². The summed E-state index contributed by atoms with van der Waals surface area (Å²) in [6, 6.07) is 12.1.